The fraction of sp³-hybridized carbons (Fsp3) is 0.261. The monoisotopic (exact) mass is 430 g/mol. The van der Waals surface area contributed by atoms with Gasteiger partial charge in [0.25, 0.3) is 11.8 Å². The van der Waals surface area contributed by atoms with Gasteiger partial charge in [0.1, 0.15) is 5.75 Å². The molecule has 3 heterocycles. The van der Waals surface area contributed by atoms with Crippen LogP contribution in [0.3, 0.4) is 0 Å². The average Bonchev–Trinajstić information content (AvgIpc) is 3.54. The molecule has 2 aromatic carbocycles. The largest absolute Gasteiger partial charge is 0.497 e. The van der Waals surface area contributed by atoms with Crippen LogP contribution in [0.5, 0.6) is 5.75 Å². The zero-order valence-corrected chi connectivity index (χ0v) is 17.6. The first-order chi connectivity index (χ1) is 15.7. The highest BCUT2D eigenvalue weighted by molar-refractivity contribution is 5.94. The minimum atomic E-state index is 0.0148. The molecule has 0 unspecified atom stereocenters. The molecule has 4 aromatic rings. The molecule has 32 heavy (non-hydrogen) atoms. The summed E-state index contributed by atoms with van der Waals surface area (Å²) >= 11 is 0. The van der Waals surface area contributed by atoms with E-state index in [2.05, 4.69) is 20.5 Å². The van der Waals surface area contributed by atoms with Gasteiger partial charge in [0.2, 0.25) is 5.82 Å². The van der Waals surface area contributed by atoms with Crippen LogP contribution in [0.2, 0.25) is 0 Å². The van der Waals surface area contributed by atoms with Crippen molar-refractivity contribution in [1.82, 2.24) is 30.0 Å². The van der Waals surface area contributed by atoms with Crippen LogP contribution in [0, 0.1) is 0 Å². The molecule has 1 saturated heterocycles. The summed E-state index contributed by atoms with van der Waals surface area (Å²) in [4.78, 5) is 19.1. The van der Waals surface area contributed by atoms with Crippen molar-refractivity contribution in [2.24, 2.45) is 0 Å². The third kappa shape index (κ3) is 3.96. The molecule has 2 aromatic heterocycles. The van der Waals surface area contributed by atoms with Crippen LogP contribution >= 0.6 is 0 Å². The van der Waals surface area contributed by atoms with E-state index < -0.39 is 0 Å². The second-order valence-corrected chi connectivity index (χ2v) is 7.63. The molecule has 1 aliphatic heterocycles. The van der Waals surface area contributed by atoms with E-state index in [-0.39, 0.29) is 11.9 Å². The minimum Gasteiger partial charge on any atom is -0.497 e. The van der Waals surface area contributed by atoms with Gasteiger partial charge in [-0.2, -0.15) is 4.98 Å². The van der Waals surface area contributed by atoms with Gasteiger partial charge in [-0.05, 0) is 31.0 Å². The molecule has 9 heteroatoms. The highest BCUT2D eigenvalue weighted by Gasteiger charge is 2.26. The molecule has 9 nitrogen and oxygen atoms in total. The molecule has 0 aliphatic carbocycles. The molecule has 0 bridgehead atoms. The third-order valence-corrected chi connectivity index (χ3v) is 5.63. The van der Waals surface area contributed by atoms with Crippen LogP contribution < -0.4 is 4.74 Å². The normalized spacial score (nSPS) is 14.5. The van der Waals surface area contributed by atoms with Crippen LogP contribution in [0.4, 0.5) is 0 Å². The van der Waals surface area contributed by atoms with Crippen molar-refractivity contribution in [3.8, 4) is 28.7 Å². The molecule has 0 saturated carbocycles. The van der Waals surface area contributed by atoms with E-state index in [1.807, 2.05) is 64.3 Å². The predicted molar refractivity (Wildman–Crippen MR) is 116 cm³/mol. The molecule has 0 spiro atoms. The second kappa shape index (κ2) is 8.62. The maximum atomic E-state index is 12.8. The molecule has 1 aliphatic rings. The molecule has 0 N–H and O–H groups in total. The van der Waals surface area contributed by atoms with Crippen molar-refractivity contribution in [2.45, 2.75) is 18.9 Å². The maximum Gasteiger partial charge on any atom is 0.280 e. The highest BCUT2D eigenvalue weighted by atomic mass is 16.5. The molecule has 1 amide bonds. The second-order valence-electron chi connectivity index (χ2n) is 7.63. The number of nitrogens with zero attached hydrogens (tertiary/aromatic N) is 6. The lowest BCUT2D eigenvalue weighted by atomic mass is 10.0. The molecular weight excluding hydrogens is 408 g/mol. The number of amides is 1. The first-order valence-electron chi connectivity index (χ1n) is 10.5. The van der Waals surface area contributed by atoms with Crippen molar-refractivity contribution in [3.05, 3.63) is 66.4 Å². The van der Waals surface area contributed by atoms with Crippen molar-refractivity contribution < 1.29 is 14.1 Å². The lowest BCUT2D eigenvalue weighted by molar-refractivity contribution is 0.0689. The van der Waals surface area contributed by atoms with E-state index in [1.54, 1.807) is 13.2 Å². The smallest absolute Gasteiger partial charge is 0.280 e. The molecule has 0 radical (unpaired) electrons. The number of likely N-dealkylation sites (tertiary alicyclic amines) is 1. The van der Waals surface area contributed by atoms with Gasteiger partial charge >= 0.3 is 0 Å². The Bertz CT molecular complexity index is 1210. The van der Waals surface area contributed by atoms with Crippen molar-refractivity contribution in [3.63, 3.8) is 0 Å². The SMILES string of the molecule is COc1cccc(C(=O)N2CCC(n3cc(-c4nc(-c5ccccc5)no4)nn3)CC2)c1. The van der Waals surface area contributed by atoms with Crippen LogP contribution in [-0.4, -0.2) is 56.1 Å². The summed E-state index contributed by atoms with van der Waals surface area (Å²) in [5.74, 6) is 1.54. The Morgan fingerprint density at radius 1 is 1.09 bits per heavy atom. The Hall–Kier alpha value is -4.01. The van der Waals surface area contributed by atoms with Gasteiger partial charge in [0, 0.05) is 24.2 Å². The Kier molecular flexibility index (Phi) is 5.37. The standard InChI is InChI=1S/C23H22N6O3/c1-31-19-9-5-8-17(14-19)23(30)28-12-10-18(11-13-28)29-15-20(25-27-29)22-24-21(26-32-22)16-6-3-2-4-7-16/h2-9,14-15,18H,10-13H2,1H3. The van der Waals surface area contributed by atoms with Crippen molar-refractivity contribution in [1.29, 1.82) is 0 Å². The fourth-order valence-corrected chi connectivity index (χ4v) is 3.86. The van der Waals surface area contributed by atoms with Gasteiger partial charge in [-0.1, -0.05) is 46.8 Å². The summed E-state index contributed by atoms with van der Waals surface area (Å²) in [5.41, 5.74) is 2.05. The number of rotatable bonds is 5. The Balaban J connectivity index is 1.23. The van der Waals surface area contributed by atoms with E-state index in [1.165, 1.54) is 0 Å². The van der Waals surface area contributed by atoms with Crippen LogP contribution in [0.15, 0.2) is 65.3 Å². The number of methoxy groups -OCH3 is 1. The zero-order chi connectivity index (χ0) is 21.9. The minimum absolute atomic E-state index is 0.0148. The van der Waals surface area contributed by atoms with Crippen molar-refractivity contribution >= 4 is 5.91 Å². The molecular formula is C23H22N6O3. The topological polar surface area (TPSA) is 99.2 Å². The van der Waals surface area contributed by atoms with E-state index in [9.17, 15) is 4.79 Å². The summed E-state index contributed by atoms with van der Waals surface area (Å²) in [7, 11) is 1.60. The fourth-order valence-electron chi connectivity index (χ4n) is 3.86. The van der Waals surface area contributed by atoms with Gasteiger partial charge in [-0.25, -0.2) is 4.68 Å². The zero-order valence-electron chi connectivity index (χ0n) is 17.6. The third-order valence-electron chi connectivity index (χ3n) is 5.63. The lowest BCUT2D eigenvalue weighted by Gasteiger charge is -2.31. The Morgan fingerprint density at radius 2 is 1.91 bits per heavy atom. The van der Waals surface area contributed by atoms with Gasteiger partial charge < -0.3 is 14.2 Å². The van der Waals surface area contributed by atoms with Crippen LogP contribution in [0.25, 0.3) is 23.0 Å². The van der Waals surface area contributed by atoms with Crippen LogP contribution in [0.1, 0.15) is 29.2 Å². The van der Waals surface area contributed by atoms with Gasteiger partial charge in [0.15, 0.2) is 5.69 Å². The lowest BCUT2D eigenvalue weighted by Crippen LogP contribution is -2.39. The van der Waals surface area contributed by atoms with Crippen LogP contribution in [-0.2, 0) is 0 Å². The first-order valence-corrected chi connectivity index (χ1v) is 10.5. The number of piperidine rings is 1. The van der Waals surface area contributed by atoms with E-state index in [0.29, 0.717) is 41.8 Å². The van der Waals surface area contributed by atoms with Gasteiger partial charge in [-0.3, -0.25) is 4.79 Å². The summed E-state index contributed by atoms with van der Waals surface area (Å²) in [6, 6.07) is 17.0. The first kappa shape index (κ1) is 19.9. The number of hydrogen-bond donors (Lipinski definition) is 0. The van der Waals surface area contributed by atoms with E-state index >= 15 is 0 Å². The number of carbonyl (C=O) groups excluding carboxylic acids is 1. The molecule has 0 atom stereocenters. The predicted octanol–water partition coefficient (Wildman–Crippen LogP) is 3.48. The molecule has 162 valence electrons. The number of ether oxygens (including phenoxy) is 1. The molecule has 5 rings (SSSR count). The van der Waals surface area contributed by atoms with Gasteiger partial charge in [0.05, 0.1) is 19.3 Å². The number of benzene rings is 2. The average molecular weight is 430 g/mol. The summed E-state index contributed by atoms with van der Waals surface area (Å²) in [6.07, 6.45) is 3.40. The number of aromatic nitrogens is 5. The van der Waals surface area contributed by atoms with Crippen molar-refractivity contribution in [2.75, 3.05) is 20.2 Å². The Morgan fingerprint density at radius 3 is 2.69 bits per heavy atom. The van der Waals surface area contributed by atoms with Gasteiger partial charge in [-0.15, -0.1) is 5.10 Å². The van der Waals surface area contributed by atoms with E-state index in [4.69, 9.17) is 9.26 Å². The number of carbonyl (C=O) groups is 1. The summed E-state index contributed by atoms with van der Waals surface area (Å²) in [5, 5.41) is 12.5. The highest BCUT2D eigenvalue weighted by Crippen LogP contribution is 2.26. The summed E-state index contributed by atoms with van der Waals surface area (Å²) in [6.45, 7) is 1.29. The van der Waals surface area contributed by atoms with E-state index in [0.717, 1.165) is 18.4 Å². The maximum absolute atomic E-state index is 12.8. The Labute approximate surface area is 184 Å². The quantitative estimate of drug-likeness (QED) is 0.478. The summed E-state index contributed by atoms with van der Waals surface area (Å²) < 4.78 is 12.4. The number of hydrogen-bond acceptors (Lipinski definition) is 7. The molecule has 1 fully saturated rings.